The molecule has 1 amide bonds. The van der Waals surface area contributed by atoms with E-state index >= 15 is 0 Å². The van der Waals surface area contributed by atoms with Crippen LogP contribution in [0.3, 0.4) is 0 Å². The zero-order chi connectivity index (χ0) is 15.1. The van der Waals surface area contributed by atoms with E-state index in [1.165, 1.54) is 31.3 Å². The predicted octanol–water partition coefficient (Wildman–Crippen LogP) is 1.43. The smallest absolute Gasteiger partial charge is 0.325 e. The molecular weight excluding hydrogens is 262 g/mol. The molecule has 1 aromatic rings. The topological polar surface area (TPSA) is 76.1 Å². The number of phenolic OH excluding ortho intramolecular Hbond substituents is 1. The highest BCUT2D eigenvalue weighted by atomic mass is 16.5. The van der Waals surface area contributed by atoms with E-state index < -0.39 is 5.97 Å². The Hall–Kier alpha value is -2.24. The maximum Gasteiger partial charge on any atom is 0.325 e. The molecule has 20 heavy (non-hydrogen) atoms. The molecule has 110 valence electrons. The van der Waals surface area contributed by atoms with E-state index in [4.69, 9.17) is 4.74 Å². The molecule has 1 aromatic carbocycles. The average Bonchev–Trinajstić information content (AvgIpc) is 2.45. The molecule has 0 aromatic heterocycles. The first-order valence-electron chi connectivity index (χ1n) is 6.26. The number of aromatic hydroxyl groups is 1. The number of hydrogen-bond donors (Lipinski definition) is 1. The summed E-state index contributed by atoms with van der Waals surface area (Å²) in [4.78, 5) is 25.0. The van der Waals surface area contributed by atoms with Crippen LogP contribution in [-0.2, 0) is 9.53 Å². The molecular formula is C14H19NO5. The monoisotopic (exact) mass is 281 g/mol. The fourth-order valence-corrected chi connectivity index (χ4v) is 1.75. The Morgan fingerprint density at radius 1 is 1.30 bits per heavy atom. The van der Waals surface area contributed by atoms with Gasteiger partial charge in [0.1, 0.15) is 6.54 Å². The Morgan fingerprint density at radius 3 is 2.50 bits per heavy atom. The SMILES string of the molecule is CCCN(CC(=O)OC)C(=O)c1ccc(OC)c(O)c1. The lowest BCUT2D eigenvalue weighted by Crippen LogP contribution is -2.36. The summed E-state index contributed by atoms with van der Waals surface area (Å²) < 4.78 is 9.49. The molecule has 0 unspecified atom stereocenters. The summed E-state index contributed by atoms with van der Waals surface area (Å²) in [6, 6.07) is 4.37. The Kier molecular flexibility index (Phi) is 5.83. The fraction of sp³-hybridized carbons (Fsp3) is 0.429. The van der Waals surface area contributed by atoms with Gasteiger partial charge in [-0.25, -0.2) is 0 Å². The van der Waals surface area contributed by atoms with Gasteiger partial charge in [-0.2, -0.15) is 0 Å². The molecule has 1 N–H and O–H groups in total. The van der Waals surface area contributed by atoms with Gasteiger partial charge in [-0.05, 0) is 24.6 Å². The number of carbonyl (C=O) groups excluding carboxylic acids is 2. The highest BCUT2D eigenvalue weighted by Crippen LogP contribution is 2.26. The first-order chi connectivity index (χ1) is 9.53. The lowest BCUT2D eigenvalue weighted by molar-refractivity contribution is -0.141. The van der Waals surface area contributed by atoms with Crippen LogP contribution in [0.5, 0.6) is 11.5 Å². The highest BCUT2D eigenvalue weighted by Gasteiger charge is 2.19. The van der Waals surface area contributed by atoms with E-state index in [0.717, 1.165) is 0 Å². The van der Waals surface area contributed by atoms with Crippen molar-refractivity contribution in [2.45, 2.75) is 13.3 Å². The number of ether oxygens (including phenoxy) is 2. The Labute approximate surface area is 117 Å². The third kappa shape index (κ3) is 3.88. The van der Waals surface area contributed by atoms with Gasteiger partial charge in [-0.3, -0.25) is 9.59 Å². The average molecular weight is 281 g/mol. The van der Waals surface area contributed by atoms with E-state index in [2.05, 4.69) is 4.74 Å². The molecule has 0 atom stereocenters. The lowest BCUT2D eigenvalue weighted by atomic mass is 10.1. The summed E-state index contributed by atoms with van der Waals surface area (Å²) in [5, 5.41) is 9.69. The molecule has 6 nitrogen and oxygen atoms in total. The minimum atomic E-state index is -0.482. The number of benzene rings is 1. The van der Waals surface area contributed by atoms with Crippen LogP contribution in [0.4, 0.5) is 0 Å². The number of amides is 1. The number of methoxy groups -OCH3 is 2. The van der Waals surface area contributed by atoms with Crippen molar-refractivity contribution in [2.75, 3.05) is 27.3 Å². The molecule has 0 aliphatic carbocycles. The minimum absolute atomic E-state index is 0.115. The van der Waals surface area contributed by atoms with Gasteiger partial charge in [0, 0.05) is 12.1 Å². The molecule has 0 aliphatic rings. The van der Waals surface area contributed by atoms with E-state index in [-0.39, 0.29) is 24.0 Å². The van der Waals surface area contributed by atoms with Crippen LogP contribution in [0.1, 0.15) is 23.7 Å². The number of rotatable bonds is 6. The van der Waals surface area contributed by atoms with E-state index in [1.54, 1.807) is 6.07 Å². The summed E-state index contributed by atoms with van der Waals surface area (Å²) in [5.74, 6) is -0.649. The zero-order valence-corrected chi connectivity index (χ0v) is 11.9. The first kappa shape index (κ1) is 15.8. The van der Waals surface area contributed by atoms with Crippen molar-refractivity contribution in [3.63, 3.8) is 0 Å². The predicted molar refractivity (Wildman–Crippen MR) is 72.9 cm³/mol. The second-order valence-electron chi connectivity index (χ2n) is 4.19. The third-order valence-corrected chi connectivity index (χ3v) is 2.75. The number of carbonyl (C=O) groups is 2. The van der Waals surface area contributed by atoms with Crippen LogP contribution in [0.15, 0.2) is 18.2 Å². The normalized spacial score (nSPS) is 9.95. The van der Waals surface area contributed by atoms with Crippen molar-refractivity contribution in [3.05, 3.63) is 23.8 Å². The molecule has 0 heterocycles. The maximum atomic E-state index is 12.3. The van der Waals surface area contributed by atoms with Gasteiger partial charge in [0.25, 0.3) is 5.91 Å². The maximum absolute atomic E-state index is 12.3. The van der Waals surface area contributed by atoms with E-state index in [1.807, 2.05) is 6.92 Å². The van der Waals surface area contributed by atoms with Crippen LogP contribution in [0.25, 0.3) is 0 Å². The van der Waals surface area contributed by atoms with Crippen molar-refractivity contribution in [1.82, 2.24) is 4.90 Å². The van der Waals surface area contributed by atoms with Gasteiger partial charge in [0.2, 0.25) is 0 Å². The summed E-state index contributed by atoms with van der Waals surface area (Å²) in [7, 11) is 2.70. The van der Waals surface area contributed by atoms with E-state index in [0.29, 0.717) is 18.5 Å². The highest BCUT2D eigenvalue weighted by molar-refractivity contribution is 5.96. The molecule has 0 spiro atoms. The summed E-state index contributed by atoms with van der Waals surface area (Å²) in [6.07, 6.45) is 0.713. The van der Waals surface area contributed by atoms with Crippen molar-refractivity contribution in [2.24, 2.45) is 0 Å². The van der Waals surface area contributed by atoms with Gasteiger partial charge >= 0.3 is 5.97 Å². The van der Waals surface area contributed by atoms with Crippen molar-refractivity contribution in [3.8, 4) is 11.5 Å². The second-order valence-corrected chi connectivity index (χ2v) is 4.19. The number of esters is 1. The van der Waals surface area contributed by atoms with Crippen molar-refractivity contribution in [1.29, 1.82) is 0 Å². The van der Waals surface area contributed by atoms with E-state index in [9.17, 15) is 14.7 Å². The van der Waals surface area contributed by atoms with Crippen LogP contribution in [-0.4, -0.2) is 49.2 Å². The largest absolute Gasteiger partial charge is 0.504 e. The standard InChI is InChI=1S/C14H19NO5/c1-4-7-15(9-13(17)20-3)14(18)10-5-6-12(19-2)11(16)8-10/h5-6,8,16H,4,7,9H2,1-3H3. The quantitative estimate of drug-likeness (QED) is 0.798. The number of hydrogen-bond acceptors (Lipinski definition) is 5. The molecule has 0 bridgehead atoms. The van der Waals surface area contributed by atoms with Gasteiger partial charge in [0.05, 0.1) is 14.2 Å². The van der Waals surface area contributed by atoms with Gasteiger partial charge in [-0.15, -0.1) is 0 Å². The lowest BCUT2D eigenvalue weighted by Gasteiger charge is -2.21. The molecule has 1 rings (SSSR count). The van der Waals surface area contributed by atoms with Crippen LogP contribution in [0.2, 0.25) is 0 Å². The Morgan fingerprint density at radius 2 is 2.00 bits per heavy atom. The minimum Gasteiger partial charge on any atom is -0.504 e. The van der Waals surface area contributed by atoms with Crippen LogP contribution < -0.4 is 4.74 Å². The molecule has 6 heteroatoms. The Bertz CT molecular complexity index is 486. The molecule has 0 radical (unpaired) electrons. The van der Waals surface area contributed by atoms with Gasteiger partial charge in [-0.1, -0.05) is 6.92 Å². The van der Waals surface area contributed by atoms with Crippen LogP contribution >= 0.6 is 0 Å². The fourth-order valence-electron chi connectivity index (χ4n) is 1.75. The second kappa shape index (κ2) is 7.37. The van der Waals surface area contributed by atoms with Gasteiger partial charge < -0.3 is 19.5 Å². The van der Waals surface area contributed by atoms with Gasteiger partial charge in [0.15, 0.2) is 11.5 Å². The van der Waals surface area contributed by atoms with Crippen LogP contribution in [0, 0.1) is 0 Å². The number of nitrogens with zero attached hydrogens (tertiary/aromatic N) is 1. The Balaban J connectivity index is 2.93. The summed E-state index contributed by atoms with van der Waals surface area (Å²) in [5.41, 5.74) is 0.292. The molecule has 0 saturated carbocycles. The molecule has 0 aliphatic heterocycles. The number of phenols is 1. The summed E-state index contributed by atoms with van der Waals surface area (Å²) >= 11 is 0. The molecule has 0 saturated heterocycles. The van der Waals surface area contributed by atoms with Crippen molar-refractivity contribution < 1.29 is 24.2 Å². The van der Waals surface area contributed by atoms with Crippen molar-refractivity contribution >= 4 is 11.9 Å². The zero-order valence-electron chi connectivity index (χ0n) is 11.9. The third-order valence-electron chi connectivity index (χ3n) is 2.75. The first-order valence-corrected chi connectivity index (χ1v) is 6.26. The summed E-state index contributed by atoms with van der Waals surface area (Å²) in [6.45, 7) is 2.22. The molecule has 0 fully saturated rings.